The lowest BCUT2D eigenvalue weighted by molar-refractivity contribution is 0.148. The number of halogens is 1. The zero-order valence-corrected chi connectivity index (χ0v) is 15.2. The fourth-order valence-corrected chi connectivity index (χ4v) is 2.96. The third-order valence-corrected chi connectivity index (χ3v) is 4.44. The topological polar surface area (TPSA) is 24.5 Å². The van der Waals surface area contributed by atoms with Gasteiger partial charge in [-0.3, -0.25) is 0 Å². The summed E-state index contributed by atoms with van der Waals surface area (Å²) in [6, 6.07) is 8.92. The zero-order valence-electron chi connectivity index (χ0n) is 13.6. The second kappa shape index (κ2) is 11.2. The van der Waals surface area contributed by atoms with Gasteiger partial charge in [-0.1, -0.05) is 48.0 Å². The predicted octanol–water partition coefficient (Wildman–Crippen LogP) is 3.85. The summed E-state index contributed by atoms with van der Waals surface area (Å²) in [6.07, 6.45) is 2.27. The van der Waals surface area contributed by atoms with Crippen LogP contribution in [-0.2, 0) is 4.74 Å². The highest BCUT2D eigenvalue weighted by molar-refractivity contribution is 9.10. The maximum absolute atomic E-state index is 5.18. The van der Waals surface area contributed by atoms with Crippen molar-refractivity contribution in [2.24, 2.45) is 0 Å². The Kier molecular flexibility index (Phi) is 9.92. The highest BCUT2D eigenvalue weighted by Crippen LogP contribution is 2.25. The van der Waals surface area contributed by atoms with Crippen molar-refractivity contribution in [1.29, 1.82) is 0 Å². The quantitative estimate of drug-likeness (QED) is 0.651. The van der Waals surface area contributed by atoms with Gasteiger partial charge in [0, 0.05) is 30.7 Å². The lowest BCUT2D eigenvalue weighted by atomic mass is 10.0. The van der Waals surface area contributed by atoms with Gasteiger partial charge in [0.1, 0.15) is 0 Å². The Morgan fingerprint density at radius 3 is 2.62 bits per heavy atom. The van der Waals surface area contributed by atoms with E-state index in [1.807, 2.05) is 0 Å². The molecule has 0 aromatic heterocycles. The van der Waals surface area contributed by atoms with E-state index in [-0.39, 0.29) is 0 Å². The van der Waals surface area contributed by atoms with Crippen molar-refractivity contribution in [3.8, 4) is 0 Å². The van der Waals surface area contributed by atoms with Gasteiger partial charge in [-0.25, -0.2) is 0 Å². The molecule has 0 fully saturated rings. The minimum Gasteiger partial charge on any atom is -0.383 e. The van der Waals surface area contributed by atoms with Gasteiger partial charge in [-0.05, 0) is 37.6 Å². The van der Waals surface area contributed by atoms with Crippen molar-refractivity contribution in [3.63, 3.8) is 0 Å². The highest BCUT2D eigenvalue weighted by Gasteiger charge is 2.14. The molecule has 1 N–H and O–H groups in total. The summed E-state index contributed by atoms with van der Waals surface area (Å²) in [4.78, 5) is 2.45. The van der Waals surface area contributed by atoms with Crippen molar-refractivity contribution < 1.29 is 4.74 Å². The lowest BCUT2D eigenvalue weighted by Gasteiger charge is -2.25. The van der Waals surface area contributed by atoms with E-state index in [9.17, 15) is 0 Å². The van der Waals surface area contributed by atoms with Crippen LogP contribution >= 0.6 is 15.9 Å². The van der Waals surface area contributed by atoms with E-state index in [1.54, 1.807) is 7.11 Å². The van der Waals surface area contributed by atoms with Crippen LogP contribution < -0.4 is 5.32 Å². The van der Waals surface area contributed by atoms with Crippen LogP contribution in [0.3, 0.4) is 0 Å². The van der Waals surface area contributed by atoms with E-state index in [0.717, 1.165) is 45.6 Å². The monoisotopic (exact) mass is 356 g/mol. The first kappa shape index (κ1) is 18.6. The molecule has 3 nitrogen and oxygen atoms in total. The van der Waals surface area contributed by atoms with E-state index in [0.29, 0.717) is 6.04 Å². The van der Waals surface area contributed by atoms with Crippen LogP contribution in [0.25, 0.3) is 0 Å². The molecule has 1 aromatic rings. The molecule has 0 spiro atoms. The minimum absolute atomic E-state index is 0.400. The SMILES string of the molecule is CCCNC(CCN(CC)CCOC)c1ccccc1Br. The average Bonchev–Trinajstić information content (AvgIpc) is 2.51. The van der Waals surface area contributed by atoms with E-state index in [1.165, 1.54) is 10.0 Å². The largest absolute Gasteiger partial charge is 0.383 e. The summed E-state index contributed by atoms with van der Waals surface area (Å²) >= 11 is 3.68. The Morgan fingerprint density at radius 1 is 1.24 bits per heavy atom. The second-order valence-electron chi connectivity index (χ2n) is 5.24. The van der Waals surface area contributed by atoms with E-state index in [2.05, 4.69) is 64.3 Å². The van der Waals surface area contributed by atoms with Crippen LogP contribution in [0.4, 0.5) is 0 Å². The van der Waals surface area contributed by atoms with Gasteiger partial charge in [0.15, 0.2) is 0 Å². The molecular formula is C17H29BrN2O. The Morgan fingerprint density at radius 2 is 2.00 bits per heavy atom. The first-order valence-corrected chi connectivity index (χ1v) is 8.71. The van der Waals surface area contributed by atoms with Gasteiger partial charge in [0.2, 0.25) is 0 Å². The van der Waals surface area contributed by atoms with Crippen molar-refractivity contribution in [3.05, 3.63) is 34.3 Å². The molecule has 0 radical (unpaired) electrons. The molecule has 21 heavy (non-hydrogen) atoms. The van der Waals surface area contributed by atoms with Crippen LogP contribution in [0, 0.1) is 0 Å². The maximum Gasteiger partial charge on any atom is 0.0589 e. The number of likely N-dealkylation sites (N-methyl/N-ethyl adjacent to an activating group) is 1. The first-order valence-electron chi connectivity index (χ1n) is 7.92. The number of nitrogens with one attached hydrogen (secondary N) is 1. The van der Waals surface area contributed by atoms with Crippen molar-refractivity contribution in [2.75, 3.05) is 39.9 Å². The lowest BCUT2D eigenvalue weighted by Crippen LogP contribution is -2.32. The number of hydrogen-bond acceptors (Lipinski definition) is 3. The molecule has 1 unspecified atom stereocenters. The van der Waals surface area contributed by atoms with E-state index in [4.69, 9.17) is 4.74 Å². The van der Waals surface area contributed by atoms with Gasteiger partial charge in [0.05, 0.1) is 6.61 Å². The molecule has 0 aliphatic heterocycles. The number of nitrogens with zero attached hydrogens (tertiary/aromatic N) is 1. The van der Waals surface area contributed by atoms with E-state index >= 15 is 0 Å². The zero-order chi connectivity index (χ0) is 15.5. The molecule has 0 saturated heterocycles. The molecule has 0 saturated carbocycles. The Bertz CT molecular complexity index is 387. The molecule has 1 aromatic carbocycles. The van der Waals surface area contributed by atoms with Gasteiger partial charge < -0.3 is 15.0 Å². The summed E-state index contributed by atoms with van der Waals surface area (Å²) in [5.41, 5.74) is 1.36. The van der Waals surface area contributed by atoms with Gasteiger partial charge in [-0.2, -0.15) is 0 Å². The van der Waals surface area contributed by atoms with Crippen LogP contribution in [0.1, 0.15) is 38.3 Å². The third-order valence-electron chi connectivity index (χ3n) is 3.71. The van der Waals surface area contributed by atoms with Gasteiger partial charge in [-0.15, -0.1) is 0 Å². The molecule has 0 aliphatic rings. The van der Waals surface area contributed by atoms with Crippen molar-refractivity contribution in [2.45, 2.75) is 32.7 Å². The molecule has 1 atom stereocenters. The summed E-state index contributed by atoms with van der Waals surface area (Å²) < 4.78 is 6.38. The number of ether oxygens (including phenoxy) is 1. The maximum atomic E-state index is 5.18. The molecule has 0 heterocycles. The fourth-order valence-electron chi connectivity index (χ4n) is 2.40. The summed E-state index contributed by atoms with van der Waals surface area (Å²) in [5, 5.41) is 3.67. The molecular weight excluding hydrogens is 328 g/mol. The van der Waals surface area contributed by atoms with Crippen LogP contribution in [0.2, 0.25) is 0 Å². The molecule has 0 aliphatic carbocycles. The number of hydrogen-bond donors (Lipinski definition) is 1. The van der Waals surface area contributed by atoms with Crippen LogP contribution in [-0.4, -0.2) is 44.8 Å². The summed E-state index contributed by atoms with van der Waals surface area (Å²) in [5.74, 6) is 0. The van der Waals surface area contributed by atoms with Crippen molar-refractivity contribution in [1.82, 2.24) is 10.2 Å². The summed E-state index contributed by atoms with van der Waals surface area (Å²) in [6.45, 7) is 9.43. The van der Waals surface area contributed by atoms with Crippen LogP contribution in [0.15, 0.2) is 28.7 Å². The minimum atomic E-state index is 0.400. The molecule has 120 valence electrons. The Balaban J connectivity index is 2.63. The number of methoxy groups -OCH3 is 1. The standard InChI is InChI=1S/C17H29BrN2O/c1-4-11-19-17(15-8-6-7-9-16(15)18)10-12-20(5-2)13-14-21-3/h6-9,17,19H,4-5,10-14H2,1-3H3. The number of rotatable bonds is 11. The molecule has 0 amide bonds. The Labute approximate surface area is 138 Å². The molecule has 0 bridgehead atoms. The summed E-state index contributed by atoms with van der Waals surface area (Å²) in [7, 11) is 1.76. The van der Waals surface area contributed by atoms with Gasteiger partial charge >= 0.3 is 0 Å². The first-order chi connectivity index (χ1) is 10.2. The van der Waals surface area contributed by atoms with Gasteiger partial charge in [0.25, 0.3) is 0 Å². The third kappa shape index (κ3) is 6.92. The molecule has 4 heteroatoms. The number of benzene rings is 1. The smallest absolute Gasteiger partial charge is 0.0589 e. The highest BCUT2D eigenvalue weighted by atomic mass is 79.9. The van der Waals surface area contributed by atoms with Crippen LogP contribution in [0.5, 0.6) is 0 Å². The molecule has 1 rings (SSSR count). The van der Waals surface area contributed by atoms with Crippen molar-refractivity contribution >= 4 is 15.9 Å². The fraction of sp³-hybridized carbons (Fsp3) is 0.647. The second-order valence-corrected chi connectivity index (χ2v) is 6.10. The Hall–Kier alpha value is -0.420. The normalized spacial score (nSPS) is 12.8. The predicted molar refractivity (Wildman–Crippen MR) is 93.8 cm³/mol. The average molecular weight is 357 g/mol. The van der Waals surface area contributed by atoms with E-state index < -0.39 is 0 Å².